The second-order valence-electron chi connectivity index (χ2n) is 7.62. The van der Waals surface area contributed by atoms with Gasteiger partial charge in [-0.3, -0.25) is 9.10 Å². The normalized spacial score (nSPS) is 11.2. The van der Waals surface area contributed by atoms with E-state index in [4.69, 9.17) is 0 Å². The third-order valence-electron chi connectivity index (χ3n) is 5.36. The van der Waals surface area contributed by atoms with Crippen LogP contribution in [-0.4, -0.2) is 30.9 Å². The molecule has 0 atom stereocenters. The molecule has 4 aromatic rings. The molecule has 1 aromatic heterocycles. The number of hydrogen-bond acceptors (Lipinski definition) is 4. The number of nitrogens with one attached hydrogen (secondary N) is 1. The minimum Gasteiger partial charge on any atom is -0.348 e. The maximum Gasteiger partial charge on any atom is 0.264 e. The van der Waals surface area contributed by atoms with Gasteiger partial charge >= 0.3 is 0 Å². The van der Waals surface area contributed by atoms with Crippen LogP contribution in [0.15, 0.2) is 96.4 Å². The second kappa shape index (κ2) is 9.30. The Hall–Kier alpha value is -3.91. The number of carbonyl (C=O) groups excluding carboxylic acids is 1. The monoisotopic (exact) mass is 460 g/mol. The largest absolute Gasteiger partial charge is 0.348 e. The van der Waals surface area contributed by atoms with Gasteiger partial charge < -0.3 is 9.88 Å². The highest BCUT2D eigenvalue weighted by Crippen LogP contribution is 2.26. The Kier molecular flexibility index (Phi) is 6.28. The first-order chi connectivity index (χ1) is 15.9. The lowest BCUT2D eigenvalue weighted by Gasteiger charge is -2.22. The molecule has 8 heteroatoms. The van der Waals surface area contributed by atoms with Crippen LogP contribution in [0, 0.1) is 6.92 Å². The molecule has 1 N–H and O–H groups in total. The average molecular weight is 461 g/mol. The summed E-state index contributed by atoms with van der Waals surface area (Å²) in [5.74, 6) is -0.352. The molecule has 0 saturated heterocycles. The van der Waals surface area contributed by atoms with E-state index in [1.165, 1.54) is 7.05 Å². The summed E-state index contributed by atoms with van der Waals surface area (Å²) in [6, 6.07) is 21.0. The van der Waals surface area contributed by atoms with E-state index in [9.17, 15) is 13.2 Å². The van der Waals surface area contributed by atoms with Crippen LogP contribution in [0.25, 0.3) is 5.69 Å². The Morgan fingerprint density at radius 1 is 1.00 bits per heavy atom. The van der Waals surface area contributed by atoms with Crippen LogP contribution < -0.4 is 9.62 Å². The van der Waals surface area contributed by atoms with Crippen molar-refractivity contribution in [2.45, 2.75) is 18.4 Å². The van der Waals surface area contributed by atoms with Gasteiger partial charge in [-0.15, -0.1) is 0 Å². The van der Waals surface area contributed by atoms with Crippen LogP contribution in [0.3, 0.4) is 0 Å². The summed E-state index contributed by atoms with van der Waals surface area (Å²) in [6.07, 6.45) is 5.28. The number of rotatable bonds is 7. The van der Waals surface area contributed by atoms with E-state index in [0.717, 1.165) is 21.1 Å². The van der Waals surface area contributed by atoms with Crippen molar-refractivity contribution in [2.24, 2.45) is 0 Å². The highest BCUT2D eigenvalue weighted by Gasteiger charge is 2.24. The van der Waals surface area contributed by atoms with Crippen LogP contribution >= 0.6 is 0 Å². The lowest BCUT2D eigenvalue weighted by Crippen LogP contribution is -2.30. The molecular weight excluding hydrogens is 436 g/mol. The number of aromatic nitrogens is 2. The van der Waals surface area contributed by atoms with Crippen LogP contribution in [0.2, 0.25) is 0 Å². The fourth-order valence-corrected chi connectivity index (χ4v) is 4.63. The number of nitrogens with zero attached hydrogens (tertiary/aromatic N) is 3. The number of sulfonamides is 1. The smallest absolute Gasteiger partial charge is 0.264 e. The van der Waals surface area contributed by atoms with Gasteiger partial charge in [-0.2, -0.15) is 0 Å². The summed E-state index contributed by atoms with van der Waals surface area (Å²) in [5, 5.41) is 2.88. The number of benzene rings is 3. The zero-order valence-corrected chi connectivity index (χ0v) is 19.2. The molecule has 0 aliphatic carbocycles. The fraction of sp³-hybridized carbons (Fsp3) is 0.120. The fourth-order valence-electron chi connectivity index (χ4n) is 3.41. The van der Waals surface area contributed by atoms with Crippen molar-refractivity contribution in [2.75, 3.05) is 11.4 Å². The molecule has 0 saturated carbocycles. The first-order valence-corrected chi connectivity index (χ1v) is 11.8. The lowest BCUT2D eigenvalue weighted by atomic mass is 10.1. The van der Waals surface area contributed by atoms with Crippen molar-refractivity contribution in [3.8, 4) is 5.69 Å². The van der Waals surface area contributed by atoms with Gasteiger partial charge in [0, 0.05) is 31.7 Å². The maximum atomic E-state index is 13.1. The molecule has 4 rings (SSSR count). The summed E-state index contributed by atoms with van der Waals surface area (Å²) >= 11 is 0. The number of carbonyl (C=O) groups is 1. The molecule has 0 aliphatic heterocycles. The Morgan fingerprint density at radius 2 is 1.70 bits per heavy atom. The Balaban J connectivity index is 1.50. The zero-order chi connectivity index (χ0) is 23.4. The molecule has 0 unspecified atom stereocenters. The van der Waals surface area contributed by atoms with Crippen LogP contribution in [0.4, 0.5) is 5.69 Å². The quantitative estimate of drug-likeness (QED) is 0.453. The molecule has 0 radical (unpaired) electrons. The summed E-state index contributed by atoms with van der Waals surface area (Å²) < 4.78 is 29.3. The third kappa shape index (κ3) is 4.80. The van der Waals surface area contributed by atoms with Crippen LogP contribution in [0.5, 0.6) is 0 Å². The summed E-state index contributed by atoms with van der Waals surface area (Å²) in [7, 11) is -2.36. The molecule has 0 spiro atoms. The third-order valence-corrected chi connectivity index (χ3v) is 7.14. The van der Waals surface area contributed by atoms with Crippen LogP contribution in [-0.2, 0) is 16.6 Å². The van der Waals surface area contributed by atoms with Crippen LogP contribution in [0.1, 0.15) is 21.5 Å². The molecular formula is C25H24N4O3S. The van der Waals surface area contributed by atoms with E-state index >= 15 is 0 Å². The van der Waals surface area contributed by atoms with Crippen molar-refractivity contribution in [1.29, 1.82) is 0 Å². The lowest BCUT2D eigenvalue weighted by molar-refractivity contribution is 0.0951. The highest BCUT2D eigenvalue weighted by molar-refractivity contribution is 7.92. The zero-order valence-electron chi connectivity index (χ0n) is 18.3. The first kappa shape index (κ1) is 22.3. The molecule has 0 aliphatic rings. The number of amides is 1. The van der Waals surface area contributed by atoms with Gasteiger partial charge in [0.1, 0.15) is 0 Å². The maximum absolute atomic E-state index is 13.1. The van der Waals surface area contributed by atoms with Gasteiger partial charge in [0.15, 0.2) is 0 Å². The summed E-state index contributed by atoms with van der Waals surface area (Å²) in [5.41, 5.74) is 3.45. The van der Waals surface area contributed by atoms with Crippen molar-refractivity contribution in [3.63, 3.8) is 0 Å². The summed E-state index contributed by atoms with van der Waals surface area (Å²) in [4.78, 5) is 17.2. The average Bonchev–Trinajstić information content (AvgIpc) is 3.38. The van der Waals surface area contributed by atoms with E-state index in [2.05, 4.69) is 10.3 Å². The van der Waals surface area contributed by atoms with Crippen molar-refractivity contribution < 1.29 is 13.2 Å². The Labute approximate surface area is 193 Å². The predicted octanol–water partition coefficient (Wildman–Crippen LogP) is 3.94. The minimum absolute atomic E-state index is 0.170. The molecule has 7 nitrogen and oxygen atoms in total. The molecule has 1 amide bonds. The number of imidazole rings is 1. The first-order valence-electron chi connectivity index (χ1n) is 10.4. The van der Waals surface area contributed by atoms with E-state index in [1.807, 2.05) is 42.0 Å². The van der Waals surface area contributed by atoms with Gasteiger partial charge in [0.2, 0.25) is 0 Å². The van der Waals surface area contributed by atoms with Crippen molar-refractivity contribution >= 4 is 21.6 Å². The Bertz CT molecular complexity index is 1350. The van der Waals surface area contributed by atoms with E-state index in [-0.39, 0.29) is 16.4 Å². The van der Waals surface area contributed by atoms with Gasteiger partial charge in [-0.05, 0) is 48.9 Å². The molecule has 0 bridgehead atoms. The summed E-state index contributed by atoms with van der Waals surface area (Å²) in [6.45, 7) is 2.21. The van der Waals surface area contributed by atoms with Gasteiger partial charge in [-0.25, -0.2) is 13.4 Å². The molecule has 33 heavy (non-hydrogen) atoms. The van der Waals surface area contributed by atoms with Gasteiger partial charge in [0.25, 0.3) is 15.9 Å². The second-order valence-corrected chi connectivity index (χ2v) is 9.59. The van der Waals surface area contributed by atoms with Gasteiger partial charge in [-0.1, -0.05) is 42.0 Å². The van der Waals surface area contributed by atoms with Crippen molar-refractivity contribution in [1.82, 2.24) is 14.9 Å². The predicted molar refractivity (Wildman–Crippen MR) is 128 cm³/mol. The van der Waals surface area contributed by atoms with E-state index in [1.54, 1.807) is 61.1 Å². The number of aryl methyl sites for hydroxylation is 1. The SMILES string of the molecule is Cc1ccc(S(=O)(=O)N(C)c2ccccc2C(=O)NCc2ccc(-n3ccnc3)cc2)cc1. The molecule has 1 heterocycles. The van der Waals surface area contributed by atoms with E-state index in [0.29, 0.717) is 12.2 Å². The molecule has 0 fully saturated rings. The number of anilines is 1. The minimum atomic E-state index is -3.81. The standard InChI is InChI=1S/C25H24N4O3S/c1-19-7-13-22(14-8-19)33(31,32)28(2)24-6-4-3-5-23(24)25(30)27-17-20-9-11-21(12-10-20)29-16-15-26-18-29/h3-16,18H,17H2,1-2H3,(H,27,30). The number of hydrogen-bond donors (Lipinski definition) is 1. The van der Waals surface area contributed by atoms with Crippen molar-refractivity contribution in [3.05, 3.63) is 108 Å². The topological polar surface area (TPSA) is 84.3 Å². The highest BCUT2D eigenvalue weighted by atomic mass is 32.2. The molecule has 3 aromatic carbocycles. The molecule has 168 valence electrons. The van der Waals surface area contributed by atoms with Gasteiger partial charge in [0.05, 0.1) is 22.5 Å². The number of para-hydroxylation sites is 1. The van der Waals surface area contributed by atoms with E-state index < -0.39 is 10.0 Å². The Morgan fingerprint density at radius 3 is 2.36 bits per heavy atom.